The molecule has 2 fully saturated rings. The van der Waals surface area contributed by atoms with Crippen LogP contribution in [0.25, 0.3) is 22.3 Å². The van der Waals surface area contributed by atoms with E-state index in [1.165, 1.54) is 13.0 Å². The summed E-state index contributed by atoms with van der Waals surface area (Å²) in [5, 5.41) is 126. The molecule has 0 spiro atoms. The van der Waals surface area contributed by atoms with Crippen LogP contribution >= 0.6 is 0 Å². The molecule has 113 heavy (non-hydrogen) atoms. The monoisotopic (exact) mass is 1570 g/mol. The van der Waals surface area contributed by atoms with Crippen LogP contribution in [0.1, 0.15) is 132 Å². The van der Waals surface area contributed by atoms with E-state index in [4.69, 9.17) is 28.4 Å². The van der Waals surface area contributed by atoms with Gasteiger partial charge in [0.25, 0.3) is 0 Å². The molecule has 4 aromatic carbocycles. The number of fused-ring (bicyclic) bond motifs is 8. The van der Waals surface area contributed by atoms with Crippen molar-refractivity contribution in [1.29, 1.82) is 0 Å². The smallest absolute Gasteiger partial charge is 0.407 e. The molecule has 0 saturated carbocycles. The molecule has 14 N–H and O–H groups in total. The fourth-order valence-electron chi connectivity index (χ4n) is 15.3. The van der Waals surface area contributed by atoms with Crippen LogP contribution in [0.15, 0.2) is 182 Å². The van der Waals surface area contributed by atoms with Crippen LogP contribution in [0.2, 0.25) is 0 Å². The molecule has 614 valence electrons. The van der Waals surface area contributed by atoms with Gasteiger partial charge in [-0.05, 0) is 117 Å². The van der Waals surface area contributed by atoms with Gasteiger partial charge in [-0.1, -0.05) is 196 Å². The third kappa shape index (κ3) is 25.5. The van der Waals surface area contributed by atoms with Gasteiger partial charge in [0, 0.05) is 62.6 Å². The molecule has 4 aromatic rings. The van der Waals surface area contributed by atoms with Crippen molar-refractivity contribution in [3.8, 4) is 22.3 Å². The number of hydrogen-bond acceptors (Lipinski definition) is 22. The second-order valence-electron chi connectivity index (χ2n) is 30.6. The minimum Gasteiger partial charge on any atom is -0.462 e. The van der Waals surface area contributed by atoms with Crippen LogP contribution in [-0.4, -0.2) is 236 Å². The maximum Gasteiger partial charge on any atom is 0.407 e. The van der Waals surface area contributed by atoms with Crippen molar-refractivity contribution in [2.45, 2.75) is 214 Å². The normalized spacial score (nSPS) is 32.1. The minimum atomic E-state index is -2.44. The fourth-order valence-corrected chi connectivity index (χ4v) is 15.3. The van der Waals surface area contributed by atoms with Crippen molar-refractivity contribution in [3.05, 3.63) is 204 Å². The first-order valence-corrected chi connectivity index (χ1v) is 39.3. The van der Waals surface area contributed by atoms with Gasteiger partial charge in [-0.15, -0.1) is 0 Å². The average molecular weight is 1570 g/mol. The summed E-state index contributed by atoms with van der Waals surface area (Å²) in [7, 11) is 3.60. The van der Waals surface area contributed by atoms with Crippen molar-refractivity contribution >= 4 is 30.0 Å². The third-order valence-electron chi connectivity index (χ3n) is 21.6. The molecule has 5 aliphatic rings. The number of aliphatic hydroxyl groups excluding tert-OH is 9. The van der Waals surface area contributed by atoms with Gasteiger partial charge in [-0.3, -0.25) is 14.4 Å². The molecular formula is C87H115N5O21. The Hall–Kier alpha value is -8.55. The first-order chi connectivity index (χ1) is 54.2. The standard InChI is InChI=1S/C87H115N5O21/c1-53-29-17-15-13-11-9-7-8-10-12-14-16-18-30-60(48-75-77(83(104)88-43-44-92(5)6)74(98)50-87(107,113-75)49-73(97)72(96)41-40-57(93)45-58(94)46-59(95)47-76(99)110-55(3)54(2)79(53)100)112-84-81(102)78(80(101)56(4)111-84)91-82(103)71(90-86(106)109-52-70-67-37-25-21-33-63(67)64-34-22-26-38-68(64)70)39-27-28-42-89-85(105)108-51-69-65-35-23-19-31-61(65)62-32-20-24-36-66(62)69/h7-26,29-38,53-60,69-75,77-81,84,93-98,100-102,107H,27-28,39-52H2,1-6H3,(H,88,104)(H,89,105)(H,90,106)(H,91,103)/b8-7+,11-9+,12-10+,15-13+,16-14+,29-17+,30-18+/t53-,54-,55-,56+,57+,58+,59+,60-,71-,72+,73+,74-,75-,77+,78-,79+,80+,81-,84-,87+/m0/s1. The highest BCUT2D eigenvalue weighted by Crippen LogP contribution is 2.46. The number of benzene rings is 4. The van der Waals surface area contributed by atoms with Gasteiger partial charge in [0.2, 0.25) is 11.8 Å². The number of rotatable bonds is 18. The number of ether oxygens (including phenoxy) is 6. The Morgan fingerprint density at radius 2 is 1.07 bits per heavy atom. The van der Waals surface area contributed by atoms with Gasteiger partial charge in [0.05, 0.1) is 79.4 Å². The summed E-state index contributed by atoms with van der Waals surface area (Å²) in [6.07, 6.45) is 0.479. The van der Waals surface area contributed by atoms with Crippen LogP contribution in [-0.2, 0) is 42.8 Å². The van der Waals surface area contributed by atoms with Crippen LogP contribution < -0.4 is 21.3 Å². The van der Waals surface area contributed by atoms with Crippen LogP contribution in [0, 0.1) is 17.8 Å². The fraction of sp³-hybridized carbons (Fsp3) is 0.506. The summed E-state index contributed by atoms with van der Waals surface area (Å²) in [6.45, 7) is 7.38. The minimum absolute atomic E-state index is 0.0133. The Balaban J connectivity index is 0.931. The number of nitrogens with one attached hydrogen (secondary N) is 4. The highest BCUT2D eigenvalue weighted by Gasteiger charge is 2.52. The molecule has 26 nitrogen and oxygen atoms in total. The molecule has 9 rings (SSSR count). The van der Waals surface area contributed by atoms with Crippen molar-refractivity contribution in [2.75, 3.05) is 46.9 Å². The molecule has 0 radical (unpaired) electrons. The number of nitrogens with zero attached hydrogens (tertiary/aromatic N) is 1. The molecular weight excluding hydrogens is 1450 g/mol. The predicted molar refractivity (Wildman–Crippen MR) is 424 cm³/mol. The molecule has 2 saturated heterocycles. The quantitative estimate of drug-likeness (QED) is 0.0269. The second kappa shape index (κ2) is 43.2. The zero-order valence-electron chi connectivity index (χ0n) is 65.2. The molecule has 0 unspecified atom stereocenters. The number of alkyl carbamates (subject to hydrolysis) is 2. The highest BCUT2D eigenvalue weighted by molar-refractivity contribution is 5.86. The van der Waals surface area contributed by atoms with Crippen LogP contribution in [0.4, 0.5) is 9.59 Å². The maximum atomic E-state index is 14.9. The molecule has 26 heteroatoms. The van der Waals surface area contributed by atoms with E-state index in [0.717, 1.165) is 44.5 Å². The number of carbonyl (C=O) groups excluding carboxylic acids is 5. The Kier molecular flexibility index (Phi) is 33.8. The average Bonchev–Trinajstić information content (AvgIpc) is 1.72. The molecule has 3 heterocycles. The molecule has 2 aliphatic carbocycles. The molecule has 4 amide bonds. The SMILES string of the molecule is C[C@@H]1[C@H](O)[C@@H](C)/C=C/C=C/C=C/C=C/C=C/C=C/C=C/[C@H](O[C@@H]2O[C@H](C)[C@@H](O)[C@H](NC(=O)[C@H](CCCCNC(=O)OCC3c4ccccc4-c4ccccc43)NC(=O)OCC3c4ccccc4-c4ccccc43)[C@@H]2O)C[C@@H]2O[C@](O)(C[C@@H](O)[C@H](O)CC[C@@H](O)C[C@@H](O)C[C@@H](O)CC(=O)O[C@H]1C)C[C@H](O)[C@H]2C(=O)NCCN(C)C. The van der Waals surface area contributed by atoms with Crippen LogP contribution in [0.3, 0.4) is 0 Å². The lowest BCUT2D eigenvalue weighted by Gasteiger charge is -2.46. The number of hydrogen-bond donors (Lipinski definition) is 14. The zero-order valence-corrected chi connectivity index (χ0v) is 65.2. The van der Waals surface area contributed by atoms with Crippen molar-refractivity contribution in [2.24, 2.45) is 17.8 Å². The second-order valence-corrected chi connectivity index (χ2v) is 30.6. The van der Waals surface area contributed by atoms with Crippen molar-refractivity contribution < 1.29 is 103 Å². The van der Waals surface area contributed by atoms with E-state index in [1.54, 1.807) is 101 Å². The highest BCUT2D eigenvalue weighted by atomic mass is 16.7. The number of cyclic esters (lactones) is 1. The van der Waals surface area contributed by atoms with Gasteiger partial charge in [-0.25, -0.2) is 9.59 Å². The van der Waals surface area contributed by atoms with E-state index < -0.39 is 165 Å². The first-order valence-electron chi connectivity index (χ1n) is 39.3. The maximum absolute atomic E-state index is 14.9. The number of unbranched alkanes of at least 4 members (excludes halogenated alkanes) is 1. The van der Waals surface area contributed by atoms with Gasteiger partial charge < -0.3 is 106 Å². The molecule has 2 bridgehead atoms. The summed E-state index contributed by atoms with van der Waals surface area (Å²) in [5.74, 6) is -7.40. The lowest BCUT2D eigenvalue weighted by molar-refractivity contribution is -0.309. The van der Waals surface area contributed by atoms with Gasteiger partial charge in [0.1, 0.15) is 37.6 Å². The first kappa shape index (κ1) is 88.4. The van der Waals surface area contributed by atoms with Gasteiger partial charge in [0.15, 0.2) is 12.1 Å². The lowest BCUT2D eigenvalue weighted by atomic mass is 9.82. The van der Waals surface area contributed by atoms with E-state index in [2.05, 4.69) is 21.3 Å². The number of carbonyl (C=O) groups is 5. The number of aliphatic hydroxyl groups is 10. The van der Waals surface area contributed by atoms with Crippen molar-refractivity contribution in [3.63, 3.8) is 0 Å². The molecule has 0 aromatic heterocycles. The van der Waals surface area contributed by atoms with Gasteiger partial charge in [-0.2, -0.15) is 0 Å². The summed E-state index contributed by atoms with van der Waals surface area (Å²) in [5.41, 5.74) is 8.21. The Bertz CT molecular complexity index is 3880. The summed E-state index contributed by atoms with van der Waals surface area (Å²) >= 11 is 0. The number of allylic oxidation sites excluding steroid dienone is 12. The van der Waals surface area contributed by atoms with E-state index in [1.807, 2.05) is 115 Å². The number of esters is 1. The number of amides is 4. The van der Waals surface area contributed by atoms with Crippen molar-refractivity contribution in [1.82, 2.24) is 26.2 Å². The van der Waals surface area contributed by atoms with E-state index in [-0.39, 0.29) is 89.0 Å². The topological polar surface area (TPSA) is 394 Å². The van der Waals surface area contributed by atoms with Gasteiger partial charge >= 0.3 is 18.2 Å². The summed E-state index contributed by atoms with van der Waals surface area (Å²) < 4.78 is 36.4. The number of likely N-dealkylation sites (N-methyl/N-ethyl adjacent to an activating group) is 1. The zero-order chi connectivity index (χ0) is 81.3. The third-order valence-corrected chi connectivity index (χ3v) is 21.6. The Morgan fingerprint density at radius 1 is 0.558 bits per heavy atom. The predicted octanol–water partition coefficient (Wildman–Crippen LogP) is 7.08. The lowest BCUT2D eigenvalue weighted by Crippen LogP contribution is -2.65. The Morgan fingerprint density at radius 3 is 1.63 bits per heavy atom. The van der Waals surface area contributed by atoms with E-state index in [0.29, 0.717) is 13.0 Å². The largest absolute Gasteiger partial charge is 0.462 e. The van der Waals surface area contributed by atoms with E-state index in [9.17, 15) is 75.0 Å². The molecule has 20 atom stereocenters. The summed E-state index contributed by atoms with van der Waals surface area (Å²) in [6, 6.07) is 28.7. The van der Waals surface area contributed by atoms with Crippen LogP contribution in [0.5, 0.6) is 0 Å². The molecule has 3 aliphatic heterocycles. The summed E-state index contributed by atoms with van der Waals surface area (Å²) in [4.78, 5) is 71.3. The van der Waals surface area contributed by atoms with E-state index >= 15 is 0 Å². The Labute approximate surface area is 661 Å².